The number of carbonyl (C=O) groups excluding carboxylic acids is 1. The van der Waals surface area contributed by atoms with Crippen LogP contribution in [0.15, 0.2) is 31.0 Å². The van der Waals surface area contributed by atoms with Crippen LogP contribution in [0.2, 0.25) is 5.02 Å². The van der Waals surface area contributed by atoms with Gasteiger partial charge in [0.25, 0.3) is 0 Å². The van der Waals surface area contributed by atoms with E-state index in [1.165, 1.54) is 13.2 Å². The van der Waals surface area contributed by atoms with E-state index in [1.807, 2.05) is 15.9 Å². The van der Waals surface area contributed by atoms with Crippen LogP contribution < -0.4 is 19.7 Å². The van der Waals surface area contributed by atoms with E-state index in [9.17, 15) is 9.90 Å². The van der Waals surface area contributed by atoms with Crippen LogP contribution in [0.25, 0.3) is 11.6 Å². The Morgan fingerprint density at radius 2 is 1.86 bits per heavy atom. The van der Waals surface area contributed by atoms with Gasteiger partial charge in [-0.1, -0.05) is 18.2 Å². The second-order valence-corrected chi connectivity index (χ2v) is 10.7. The van der Waals surface area contributed by atoms with Gasteiger partial charge in [0.05, 0.1) is 38.5 Å². The summed E-state index contributed by atoms with van der Waals surface area (Å²) in [6.45, 7) is 8.58. The number of hydrogen-bond donors (Lipinski definition) is 2. The Balaban J connectivity index is 1.61. The molecule has 0 radical (unpaired) electrons. The van der Waals surface area contributed by atoms with Crippen molar-refractivity contribution in [3.05, 3.63) is 47.1 Å². The van der Waals surface area contributed by atoms with Crippen LogP contribution in [-0.4, -0.2) is 124 Å². The van der Waals surface area contributed by atoms with Crippen molar-refractivity contribution in [2.75, 3.05) is 91.1 Å². The molecule has 0 spiro atoms. The smallest absolute Gasteiger partial charge is 0.246 e. The molecule has 2 aliphatic rings. The van der Waals surface area contributed by atoms with E-state index in [1.54, 1.807) is 39.7 Å². The molecule has 2 aromatic rings. The number of carbonyl (C=O) groups is 1. The van der Waals surface area contributed by atoms with Crippen molar-refractivity contribution in [2.45, 2.75) is 18.7 Å². The molecule has 2 aliphatic heterocycles. The van der Waals surface area contributed by atoms with Crippen LogP contribution in [0.3, 0.4) is 0 Å². The highest BCUT2D eigenvalue weighted by Gasteiger charge is 2.32. The fourth-order valence-corrected chi connectivity index (χ4v) is 5.60. The minimum atomic E-state index is -1.06. The number of nitrogens with one attached hydrogen (secondary N) is 1. The summed E-state index contributed by atoms with van der Waals surface area (Å²) in [5.74, 6) is 1.94. The number of amides is 1. The van der Waals surface area contributed by atoms with Crippen LogP contribution in [0.1, 0.15) is 17.5 Å². The third-order valence-electron chi connectivity index (χ3n) is 7.53. The van der Waals surface area contributed by atoms with Gasteiger partial charge in [0.1, 0.15) is 17.3 Å². The normalized spacial score (nSPS) is 17.0. The SMILES string of the molecule is C=CC(=O)N1CCN(CCCN2c3nc(NC(COC)COC)ncc3C=C(c3cc(OC)cc(OC)c3Cl)C2O)CC1. The lowest BCUT2D eigenvalue weighted by Gasteiger charge is -2.37. The molecule has 1 fully saturated rings. The van der Waals surface area contributed by atoms with Gasteiger partial charge >= 0.3 is 0 Å². The van der Waals surface area contributed by atoms with Crippen molar-refractivity contribution in [3.63, 3.8) is 0 Å². The third-order valence-corrected chi connectivity index (χ3v) is 7.92. The van der Waals surface area contributed by atoms with Crippen molar-refractivity contribution in [3.8, 4) is 11.5 Å². The molecule has 1 saturated heterocycles. The van der Waals surface area contributed by atoms with E-state index in [-0.39, 0.29) is 11.9 Å². The summed E-state index contributed by atoms with van der Waals surface area (Å²) in [6.07, 6.45) is 4.62. The van der Waals surface area contributed by atoms with Crippen LogP contribution >= 0.6 is 11.6 Å². The fourth-order valence-electron chi connectivity index (χ4n) is 5.31. The van der Waals surface area contributed by atoms with Crippen LogP contribution in [0.5, 0.6) is 11.5 Å². The summed E-state index contributed by atoms with van der Waals surface area (Å²) in [5, 5.41) is 15.4. The van der Waals surface area contributed by atoms with E-state index in [4.69, 9.17) is 35.5 Å². The van der Waals surface area contributed by atoms with E-state index < -0.39 is 6.23 Å². The van der Waals surface area contributed by atoms with Crippen LogP contribution in [-0.2, 0) is 14.3 Å². The van der Waals surface area contributed by atoms with Gasteiger partial charge < -0.3 is 39.2 Å². The molecule has 12 nitrogen and oxygen atoms in total. The van der Waals surface area contributed by atoms with E-state index in [2.05, 4.69) is 21.8 Å². The number of anilines is 2. The standard InChI is InChI=1S/C30H41ClN6O6/c1-6-26(38)36-12-10-35(11-13-36)8-7-9-37-28-20(17-32-30(34-28)33-21(18-40-2)19-41-3)14-24(29(37)39)23-15-22(42-4)16-25(43-5)27(23)31/h6,14-17,21,29,39H,1,7-13,18-19H2,2-5H3,(H,32,33,34). The summed E-state index contributed by atoms with van der Waals surface area (Å²) in [5.41, 5.74) is 1.90. The number of halogens is 1. The van der Waals surface area contributed by atoms with E-state index in [0.29, 0.717) is 72.3 Å². The molecule has 1 aromatic heterocycles. The van der Waals surface area contributed by atoms with Crippen molar-refractivity contribution in [1.82, 2.24) is 19.8 Å². The summed E-state index contributed by atoms with van der Waals surface area (Å²) in [7, 11) is 6.35. The van der Waals surface area contributed by atoms with Gasteiger partial charge in [-0.2, -0.15) is 4.98 Å². The minimum absolute atomic E-state index is 0.0396. The first-order valence-corrected chi connectivity index (χ1v) is 14.5. The first-order valence-electron chi connectivity index (χ1n) is 14.2. The second-order valence-electron chi connectivity index (χ2n) is 10.3. The molecule has 234 valence electrons. The van der Waals surface area contributed by atoms with E-state index >= 15 is 0 Å². The average molecular weight is 617 g/mol. The third kappa shape index (κ3) is 7.76. The van der Waals surface area contributed by atoms with Gasteiger partial charge in [-0.15, -0.1) is 0 Å². The number of fused-ring (bicyclic) bond motifs is 1. The molecular formula is C30H41ClN6O6. The number of aromatic nitrogens is 2. The van der Waals surface area contributed by atoms with Gasteiger partial charge in [-0.25, -0.2) is 4.98 Å². The zero-order chi connectivity index (χ0) is 30.9. The summed E-state index contributed by atoms with van der Waals surface area (Å²) < 4.78 is 21.6. The zero-order valence-electron chi connectivity index (χ0n) is 25.2. The van der Waals surface area contributed by atoms with Gasteiger partial charge in [-0.3, -0.25) is 9.69 Å². The molecule has 3 heterocycles. The number of rotatable bonds is 14. The number of ether oxygens (including phenoxy) is 4. The predicted molar refractivity (Wildman–Crippen MR) is 167 cm³/mol. The lowest BCUT2D eigenvalue weighted by Crippen LogP contribution is -2.49. The molecule has 1 aromatic carbocycles. The maximum absolute atomic E-state index is 12.0. The Bertz CT molecular complexity index is 1300. The minimum Gasteiger partial charge on any atom is -0.497 e. The number of aliphatic hydroxyl groups excluding tert-OH is 1. The molecule has 13 heteroatoms. The lowest BCUT2D eigenvalue weighted by atomic mass is 9.97. The number of piperazine rings is 1. The van der Waals surface area contributed by atoms with Gasteiger partial charge in [-0.05, 0) is 31.2 Å². The highest BCUT2D eigenvalue weighted by atomic mass is 35.5. The van der Waals surface area contributed by atoms with Crippen LogP contribution in [0, 0.1) is 0 Å². The number of nitrogens with zero attached hydrogens (tertiary/aromatic N) is 5. The predicted octanol–water partition coefficient (Wildman–Crippen LogP) is 2.62. The highest BCUT2D eigenvalue weighted by Crippen LogP contribution is 2.42. The lowest BCUT2D eigenvalue weighted by molar-refractivity contribution is -0.127. The number of methoxy groups -OCH3 is 4. The highest BCUT2D eigenvalue weighted by molar-refractivity contribution is 6.34. The average Bonchev–Trinajstić information content (AvgIpc) is 3.02. The zero-order valence-corrected chi connectivity index (χ0v) is 26.0. The summed E-state index contributed by atoms with van der Waals surface area (Å²) in [6, 6.07) is 3.33. The van der Waals surface area contributed by atoms with Crippen molar-refractivity contribution in [1.29, 1.82) is 0 Å². The molecule has 0 saturated carbocycles. The Morgan fingerprint density at radius 3 is 2.49 bits per heavy atom. The number of hydrogen-bond acceptors (Lipinski definition) is 11. The van der Waals surface area contributed by atoms with Crippen molar-refractivity contribution >= 4 is 40.9 Å². The Morgan fingerprint density at radius 1 is 1.14 bits per heavy atom. The number of aliphatic hydroxyl groups is 1. The number of benzene rings is 1. The molecule has 43 heavy (non-hydrogen) atoms. The molecule has 1 unspecified atom stereocenters. The van der Waals surface area contributed by atoms with Gasteiger partial charge in [0, 0.05) is 75.9 Å². The van der Waals surface area contributed by atoms with Gasteiger partial charge in [0.15, 0.2) is 6.23 Å². The Hall–Kier alpha value is -3.42. The fraction of sp³-hybridized carbons (Fsp3) is 0.500. The molecule has 0 aliphatic carbocycles. The second kappa shape index (κ2) is 15.3. The Kier molecular flexibility index (Phi) is 11.6. The molecular weight excluding hydrogens is 576 g/mol. The van der Waals surface area contributed by atoms with Gasteiger partial charge in [0.2, 0.25) is 11.9 Å². The maximum Gasteiger partial charge on any atom is 0.246 e. The molecule has 2 N–H and O–H groups in total. The van der Waals surface area contributed by atoms with Crippen molar-refractivity contribution < 1.29 is 28.8 Å². The van der Waals surface area contributed by atoms with Crippen molar-refractivity contribution in [2.24, 2.45) is 0 Å². The summed E-state index contributed by atoms with van der Waals surface area (Å²) >= 11 is 6.75. The molecule has 1 atom stereocenters. The largest absolute Gasteiger partial charge is 0.497 e. The quantitative estimate of drug-likeness (QED) is 0.305. The summed E-state index contributed by atoms with van der Waals surface area (Å²) in [4.78, 5) is 27.3. The molecule has 4 rings (SSSR count). The Labute approximate surface area is 257 Å². The van der Waals surface area contributed by atoms with E-state index in [0.717, 1.165) is 31.6 Å². The molecule has 1 amide bonds. The maximum atomic E-state index is 12.0. The van der Waals surface area contributed by atoms with Crippen LogP contribution in [0.4, 0.5) is 11.8 Å². The first kappa shape index (κ1) is 32.5. The monoisotopic (exact) mass is 616 g/mol. The molecule has 0 bridgehead atoms. The first-order chi connectivity index (χ1) is 20.8. The topological polar surface area (TPSA) is 122 Å².